The molecule has 0 atom stereocenters. The van der Waals surface area contributed by atoms with Crippen molar-refractivity contribution < 1.29 is 9.53 Å². The van der Waals surface area contributed by atoms with Crippen molar-refractivity contribution in [3.63, 3.8) is 0 Å². The van der Waals surface area contributed by atoms with Crippen LogP contribution in [-0.4, -0.2) is 53.6 Å². The number of piperazine rings is 1. The molecule has 2 aromatic carbocycles. The Hall–Kier alpha value is -2.71. The Morgan fingerprint density at radius 3 is 2.59 bits per heavy atom. The molecule has 0 radical (unpaired) electrons. The first-order chi connectivity index (χ1) is 14.2. The number of hydrogen-bond donors (Lipinski definition) is 0. The molecule has 0 bridgehead atoms. The van der Waals surface area contributed by atoms with E-state index in [2.05, 4.69) is 16.0 Å². The van der Waals surface area contributed by atoms with Gasteiger partial charge in [-0.2, -0.15) is 0 Å². The zero-order chi connectivity index (χ0) is 19.8. The fourth-order valence-electron chi connectivity index (χ4n) is 3.52. The Bertz CT molecular complexity index is 1140. The van der Waals surface area contributed by atoms with Gasteiger partial charge in [0.2, 0.25) is 0 Å². The second-order valence-electron chi connectivity index (χ2n) is 6.80. The maximum atomic E-state index is 12.9. The van der Waals surface area contributed by atoms with E-state index >= 15 is 0 Å². The van der Waals surface area contributed by atoms with E-state index in [1.54, 1.807) is 11.3 Å². The number of aromatic nitrogens is 2. The normalized spacial score (nSPS) is 14.7. The summed E-state index contributed by atoms with van der Waals surface area (Å²) in [6, 6.07) is 13.9. The Morgan fingerprint density at radius 1 is 1.00 bits per heavy atom. The summed E-state index contributed by atoms with van der Waals surface area (Å²) in [4.78, 5) is 26.4. The van der Waals surface area contributed by atoms with E-state index in [9.17, 15) is 4.79 Å². The molecule has 1 amide bonds. The minimum absolute atomic E-state index is 0.0220. The third-order valence-corrected chi connectivity index (χ3v) is 7.09. The van der Waals surface area contributed by atoms with Crippen LogP contribution in [0, 0.1) is 0 Å². The molecular weight excluding hydrogens is 404 g/mol. The fourth-order valence-corrected chi connectivity index (χ4v) is 5.49. The number of hydrogen-bond acceptors (Lipinski definition) is 7. The van der Waals surface area contributed by atoms with E-state index in [0.717, 1.165) is 44.4 Å². The molecule has 3 heterocycles. The van der Waals surface area contributed by atoms with Crippen LogP contribution in [0.2, 0.25) is 0 Å². The highest BCUT2D eigenvalue weighted by molar-refractivity contribution is 7.22. The molecule has 29 heavy (non-hydrogen) atoms. The highest BCUT2D eigenvalue weighted by atomic mass is 32.1. The van der Waals surface area contributed by atoms with Gasteiger partial charge in [0.1, 0.15) is 11.3 Å². The van der Waals surface area contributed by atoms with E-state index in [-0.39, 0.29) is 5.91 Å². The van der Waals surface area contributed by atoms with Gasteiger partial charge >= 0.3 is 0 Å². The van der Waals surface area contributed by atoms with Crippen molar-refractivity contribution in [2.24, 2.45) is 0 Å². The molecule has 8 heteroatoms. The lowest BCUT2D eigenvalue weighted by atomic mass is 10.3. The summed E-state index contributed by atoms with van der Waals surface area (Å²) < 4.78 is 7.88. The minimum atomic E-state index is 0.0220. The first-order valence-corrected chi connectivity index (χ1v) is 11.3. The van der Waals surface area contributed by atoms with Crippen molar-refractivity contribution in [1.29, 1.82) is 0 Å². The second kappa shape index (κ2) is 7.61. The van der Waals surface area contributed by atoms with Gasteiger partial charge in [-0.05, 0) is 31.2 Å². The number of thiazole rings is 2. The van der Waals surface area contributed by atoms with Crippen LogP contribution in [0.15, 0.2) is 42.5 Å². The number of nitrogens with zero attached hydrogens (tertiary/aromatic N) is 4. The van der Waals surface area contributed by atoms with Crippen molar-refractivity contribution in [1.82, 2.24) is 14.9 Å². The Balaban J connectivity index is 1.30. The van der Waals surface area contributed by atoms with Crippen molar-refractivity contribution in [2.75, 3.05) is 37.7 Å². The summed E-state index contributed by atoms with van der Waals surface area (Å²) in [6.45, 7) is 5.47. The molecule has 1 aliphatic heterocycles. The number of amides is 1. The minimum Gasteiger partial charge on any atom is -0.492 e. The predicted octanol–water partition coefficient (Wildman–Crippen LogP) is 4.27. The molecule has 0 unspecified atom stereocenters. The lowest BCUT2D eigenvalue weighted by molar-refractivity contribution is 0.0746. The lowest BCUT2D eigenvalue weighted by Gasteiger charge is -2.34. The van der Waals surface area contributed by atoms with E-state index in [0.29, 0.717) is 24.7 Å². The third kappa shape index (κ3) is 3.42. The molecule has 1 saturated heterocycles. The van der Waals surface area contributed by atoms with Crippen molar-refractivity contribution in [3.05, 3.63) is 47.5 Å². The SMILES string of the molecule is CCOc1cccc2sc(N3CCN(C(=O)c4nc5ccccc5s4)CC3)nc12. The van der Waals surface area contributed by atoms with Crippen LogP contribution in [0.1, 0.15) is 16.7 Å². The van der Waals surface area contributed by atoms with Crippen molar-refractivity contribution in [3.8, 4) is 5.75 Å². The molecule has 1 aliphatic rings. The zero-order valence-corrected chi connectivity index (χ0v) is 17.6. The standard InChI is InChI=1S/C21H20N4O2S2/c1-2-27-15-7-5-9-17-18(15)23-21(29-17)25-12-10-24(11-13-25)20(26)19-22-14-6-3-4-8-16(14)28-19/h3-9H,2,10-13H2,1H3. The van der Waals surface area contributed by atoms with Crippen LogP contribution in [-0.2, 0) is 0 Å². The molecule has 6 nitrogen and oxygen atoms in total. The number of benzene rings is 2. The number of rotatable bonds is 4. The zero-order valence-electron chi connectivity index (χ0n) is 16.0. The molecule has 0 saturated carbocycles. The van der Waals surface area contributed by atoms with Crippen LogP contribution in [0.4, 0.5) is 5.13 Å². The van der Waals surface area contributed by atoms with E-state index in [1.165, 1.54) is 11.3 Å². The molecular formula is C21H20N4O2S2. The Morgan fingerprint density at radius 2 is 1.79 bits per heavy atom. The van der Waals surface area contributed by atoms with Crippen LogP contribution in [0.5, 0.6) is 5.75 Å². The summed E-state index contributed by atoms with van der Waals surface area (Å²) in [6.07, 6.45) is 0. The topological polar surface area (TPSA) is 58.6 Å². The molecule has 0 aliphatic carbocycles. The van der Waals surface area contributed by atoms with Crippen LogP contribution in [0.25, 0.3) is 20.4 Å². The maximum absolute atomic E-state index is 12.9. The smallest absolute Gasteiger partial charge is 0.282 e. The third-order valence-electron chi connectivity index (χ3n) is 4.98. The van der Waals surface area contributed by atoms with Gasteiger partial charge in [-0.25, -0.2) is 9.97 Å². The lowest BCUT2D eigenvalue weighted by Crippen LogP contribution is -2.48. The van der Waals surface area contributed by atoms with Crippen LogP contribution in [0.3, 0.4) is 0 Å². The van der Waals surface area contributed by atoms with Gasteiger partial charge in [0, 0.05) is 26.2 Å². The number of carbonyl (C=O) groups excluding carboxylic acids is 1. The number of para-hydroxylation sites is 2. The number of anilines is 1. The van der Waals surface area contributed by atoms with E-state index in [1.807, 2.05) is 48.2 Å². The summed E-state index contributed by atoms with van der Waals surface area (Å²) in [5.74, 6) is 0.853. The maximum Gasteiger partial charge on any atom is 0.282 e. The van der Waals surface area contributed by atoms with Gasteiger partial charge < -0.3 is 14.5 Å². The summed E-state index contributed by atoms with van der Waals surface area (Å²) >= 11 is 3.14. The largest absolute Gasteiger partial charge is 0.492 e. The molecule has 4 aromatic rings. The monoisotopic (exact) mass is 424 g/mol. The van der Waals surface area contributed by atoms with Crippen LogP contribution >= 0.6 is 22.7 Å². The molecule has 2 aromatic heterocycles. The average Bonchev–Trinajstić information content (AvgIpc) is 3.38. The van der Waals surface area contributed by atoms with Gasteiger partial charge in [-0.15, -0.1) is 11.3 Å². The van der Waals surface area contributed by atoms with Gasteiger partial charge in [0.25, 0.3) is 5.91 Å². The molecule has 1 fully saturated rings. The van der Waals surface area contributed by atoms with Gasteiger partial charge in [-0.1, -0.05) is 29.5 Å². The Labute approximate surface area is 176 Å². The average molecular weight is 425 g/mol. The van der Waals surface area contributed by atoms with Crippen molar-refractivity contribution in [2.45, 2.75) is 6.92 Å². The number of fused-ring (bicyclic) bond motifs is 2. The first-order valence-electron chi connectivity index (χ1n) is 9.65. The van der Waals surface area contributed by atoms with Crippen LogP contribution < -0.4 is 9.64 Å². The van der Waals surface area contributed by atoms with E-state index < -0.39 is 0 Å². The first kappa shape index (κ1) is 18.3. The highest BCUT2D eigenvalue weighted by Crippen LogP contribution is 2.34. The summed E-state index contributed by atoms with van der Waals surface area (Å²) in [7, 11) is 0. The Kier molecular flexibility index (Phi) is 4.81. The summed E-state index contributed by atoms with van der Waals surface area (Å²) in [5.41, 5.74) is 1.81. The molecule has 5 rings (SSSR count). The number of ether oxygens (including phenoxy) is 1. The second-order valence-corrected chi connectivity index (χ2v) is 8.84. The quantitative estimate of drug-likeness (QED) is 0.490. The summed E-state index contributed by atoms with van der Waals surface area (Å²) in [5, 5.41) is 1.56. The molecule has 0 N–H and O–H groups in total. The van der Waals surface area contributed by atoms with Gasteiger partial charge in [0.05, 0.1) is 21.5 Å². The predicted molar refractivity (Wildman–Crippen MR) is 119 cm³/mol. The number of carbonyl (C=O) groups is 1. The van der Waals surface area contributed by atoms with Gasteiger partial charge in [0.15, 0.2) is 10.1 Å². The molecule has 148 valence electrons. The van der Waals surface area contributed by atoms with Gasteiger partial charge in [-0.3, -0.25) is 4.79 Å². The highest BCUT2D eigenvalue weighted by Gasteiger charge is 2.26. The fraction of sp³-hybridized carbons (Fsp3) is 0.286. The molecule has 0 spiro atoms. The van der Waals surface area contributed by atoms with E-state index in [4.69, 9.17) is 9.72 Å². The van der Waals surface area contributed by atoms with Crippen molar-refractivity contribution >= 4 is 54.1 Å².